The summed E-state index contributed by atoms with van der Waals surface area (Å²) >= 11 is 0. The van der Waals surface area contributed by atoms with Gasteiger partial charge in [-0.2, -0.15) is 0 Å². The second-order valence-corrected chi connectivity index (χ2v) is 4.91. The maximum Gasteiger partial charge on any atom is 0.0708 e. The molecule has 0 unspecified atom stereocenters. The molecule has 0 amide bonds. The number of aliphatic imine (C=N–C) groups is 1. The van der Waals surface area contributed by atoms with Crippen molar-refractivity contribution in [2.75, 3.05) is 0 Å². The predicted molar refractivity (Wildman–Crippen MR) is 84.6 cm³/mol. The van der Waals surface area contributed by atoms with Gasteiger partial charge in [0.15, 0.2) is 0 Å². The van der Waals surface area contributed by atoms with Crippen molar-refractivity contribution in [3.8, 4) is 22.3 Å². The Bertz CT molecular complexity index is 747. The Labute approximate surface area is 118 Å². The summed E-state index contributed by atoms with van der Waals surface area (Å²) in [6.45, 7) is 0. The molecule has 94 valence electrons. The molecule has 3 aromatic carbocycles. The fourth-order valence-corrected chi connectivity index (χ4v) is 2.76. The highest BCUT2D eigenvalue weighted by Crippen LogP contribution is 2.39. The smallest absolute Gasteiger partial charge is 0.0708 e. The third-order valence-electron chi connectivity index (χ3n) is 3.71. The number of hydrogen-bond donors (Lipinski definition) is 0. The molecule has 1 heterocycles. The van der Waals surface area contributed by atoms with Crippen LogP contribution in [0.3, 0.4) is 0 Å². The van der Waals surface area contributed by atoms with E-state index in [0.717, 1.165) is 11.3 Å². The van der Waals surface area contributed by atoms with Crippen LogP contribution in [0.2, 0.25) is 0 Å². The van der Waals surface area contributed by atoms with E-state index in [9.17, 15) is 0 Å². The van der Waals surface area contributed by atoms with E-state index in [0.29, 0.717) is 0 Å². The van der Waals surface area contributed by atoms with Gasteiger partial charge in [0.2, 0.25) is 0 Å². The third kappa shape index (κ3) is 1.68. The van der Waals surface area contributed by atoms with Gasteiger partial charge in [0.05, 0.1) is 5.69 Å². The van der Waals surface area contributed by atoms with E-state index in [-0.39, 0.29) is 0 Å². The molecule has 0 saturated heterocycles. The topological polar surface area (TPSA) is 12.4 Å². The first-order valence-electron chi connectivity index (χ1n) is 6.75. The van der Waals surface area contributed by atoms with Crippen LogP contribution in [0.4, 0.5) is 5.69 Å². The minimum absolute atomic E-state index is 1.02. The van der Waals surface area contributed by atoms with E-state index >= 15 is 0 Å². The molecule has 0 spiro atoms. The molecule has 4 rings (SSSR count). The second kappa shape index (κ2) is 4.46. The maximum absolute atomic E-state index is 4.66. The molecule has 0 N–H and O–H groups in total. The van der Waals surface area contributed by atoms with Gasteiger partial charge in [-0.05, 0) is 22.8 Å². The van der Waals surface area contributed by atoms with Crippen LogP contribution in [0.1, 0.15) is 5.56 Å². The standard InChI is InChI=1S/C19H13N/c1-2-8-15-14(7-1)13-20-19-12-6-5-11-18(19)17-10-4-3-9-16(15)17/h1-13H. The molecule has 0 atom stereocenters. The van der Waals surface area contributed by atoms with E-state index in [2.05, 4.69) is 71.7 Å². The van der Waals surface area contributed by atoms with Gasteiger partial charge in [-0.3, -0.25) is 4.99 Å². The van der Waals surface area contributed by atoms with E-state index < -0.39 is 0 Å². The van der Waals surface area contributed by atoms with E-state index in [1.807, 2.05) is 12.3 Å². The van der Waals surface area contributed by atoms with Crippen LogP contribution in [0.5, 0.6) is 0 Å². The predicted octanol–water partition coefficient (Wildman–Crippen LogP) is 5.08. The first kappa shape index (κ1) is 11.2. The molecule has 1 aliphatic rings. The summed E-state index contributed by atoms with van der Waals surface area (Å²) in [6.07, 6.45) is 1.96. The zero-order chi connectivity index (χ0) is 13.4. The number of nitrogens with zero attached hydrogens (tertiary/aromatic N) is 1. The lowest BCUT2D eigenvalue weighted by molar-refractivity contribution is 1.48. The number of fused-ring (bicyclic) bond motifs is 5. The average Bonchev–Trinajstić information content (AvgIpc) is 2.52. The lowest BCUT2D eigenvalue weighted by Crippen LogP contribution is -1.93. The van der Waals surface area contributed by atoms with Crippen LogP contribution >= 0.6 is 0 Å². The van der Waals surface area contributed by atoms with Gasteiger partial charge in [0.1, 0.15) is 0 Å². The summed E-state index contributed by atoms with van der Waals surface area (Å²) in [4.78, 5) is 4.66. The molecule has 3 aromatic rings. The maximum atomic E-state index is 4.66. The van der Waals surface area contributed by atoms with Gasteiger partial charge in [-0.1, -0.05) is 66.7 Å². The Balaban J connectivity index is 2.13. The van der Waals surface area contributed by atoms with Gasteiger partial charge >= 0.3 is 0 Å². The summed E-state index contributed by atoms with van der Waals surface area (Å²) in [6, 6.07) is 25.3. The Morgan fingerprint density at radius 2 is 1.05 bits per heavy atom. The normalized spacial score (nSPS) is 11.8. The molecule has 1 heteroatoms. The lowest BCUT2D eigenvalue weighted by atomic mass is 9.90. The largest absolute Gasteiger partial charge is 0.256 e. The molecule has 0 aromatic heterocycles. The van der Waals surface area contributed by atoms with Crippen LogP contribution in [0.15, 0.2) is 77.8 Å². The molecule has 0 fully saturated rings. The number of benzene rings is 3. The van der Waals surface area contributed by atoms with E-state index in [1.165, 1.54) is 22.3 Å². The first-order valence-corrected chi connectivity index (χ1v) is 6.75. The van der Waals surface area contributed by atoms with Crippen molar-refractivity contribution in [1.29, 1.82) is 0 Å². The quantitative estimate of drug-likeness (QED) is 0.415. The average molecular weight is 255 g/mol. The van der Waals surface area contributed by atoms with Gasteiger partial charge in [-0.25, -0.2) is 0 Å². The van der Waals surface area contributed by atoms with Crippen LogP contribution in [0, 0.1) is 0 Å². The van der Waals surface area contributed by atoms with Crippen LogP contribution in [0.25, 0.3) is 22.3 Å². The summed E-state index contributed by atoms with van der Waals surface area (Å²) in [5, 5.41) is 0. The van der Waals surface area contributed by atoms with Crippen LogP contribution in [-0.2, 0) is 0 Å². The fourth-order valence-electron chi connectivity index (χ4n) is 2.76. The van der Waals surface area contributed by atoms with Crippen molar-refractivity contribution in [1.82, 2.24) is 0 Å². The van der Waals surface area contributed by atoms with E-state index in [1.54, 1.807) is 0 Å². The Morgan fingerprint density at radius 1 is 0.500 bits per heavy atom. The van der Waals surface area contributed by atoms with Gasteiger partial charge < -0.3 is 0 Å². The second-order valence-electron chi connectivity index (χ2n) is 4.91. The number of hydrogen-bond acceptors (Lipinski definition) is 1. The van der Waals surface area contributed by atoms with Crippen molar-refractivity contribution in [2.45, 2.75) is 0 Å². The minimum Gasteiger partial charge on any atom is -0.256 e. The van der Waals surface area contributed by atoms with Crippen LogP contribution in [-0.4, -0.2) is 6.21 Å². The minimum atomic E-state index is 1.02. The van der Waals surface area contributed by atoms with Crippen molar-refractivity contribution in [3.05, 3.63) is 78.4 Å². The highest BCUT2D eigenvalue weighted by atomic mass is 14.7. The molecule has 0 radical (unpaired) electrons. The molecular formula is C19H13N. The first-order chi connectivity index (χ1) is 9.93. The van der Waals surface area contributed by atoms with Gasteiger partial charge in [0, 0.05) is 17.3 Å². The molecular weight excluding hydrogens is 242 g/mol. The van der Waals surface area contributed by atoms with Crippen molar-refractivity contribution in [2.24, 2.45) is 4.99 Å². The van der Waals surface area contributed by atoms with Crippen LogP contribution < -0.4 is 0 Å². The summed E-state index contributed by atoms with van der Waals surface area (Å²) in [7, 11) is 0. The zero-order valence-electron chi connectivity index (χ0n) is 11.0. The molecule has 1 aliphatic heterocycles. The molecule has 20 heavy (non-hydrogen) atoms. The molecule has 1 nitrogen and oxygen atoms in total. The SMILES string of the molecule is C1=Nc2ccccc2-c2ccccc2-c2ccccc21. The van der Waals surface area contributed by atoms with Crippen molar-refractivity contribution >= 4 is 11.9 Å². The summed E-state index contributed by atoms with van der Waals surface area (Å²) < 4.78 is 0. The Hall–Kier alpha value is -2.67. The number of rotatable bonds is 0. The van der Waals surface area contributed by atoms with Crippen molar-refractivity contribution in [3.63, 3.8) is 0 Å². The highest BCUT2D eigenvalue weighted by molar-refractivity contribution is 6.00. The molecule has 0 saturated carbocycles. The lowest BCUT2D eigenvalue weighted by Gasteiger charge is -2.16. The Kier molecular flexibility index (Phi) is 2.49. The van der Waals surface area contributed by atoms with Gasteiger partial charge in [0.25, 0.3) is 0 Å². The third-order valence-corrected chi connectivity index (χ3v) is 3.71. The van der Waals surface area contributed by atoms with E-state index in [4.69, 9.17) is 0 Å². The molecule has 0 bridgehead atoms. The van der Waals surface area contributed by atoms with Gasteiger partial charge in [-0.15, -0.1) is 0 Å². The van der Waals surface area contributed by atoms with Crippen molar-refractivity contribution < 1.29 is 0 Å². The summed E-state index contributed by atoms with van der Waals surface area (Å²) in [5.41, 5.74) is 7.12. The monoisotopic (exact) mass is 255 g/mol. The summed E-state index contributed by atoms with van der Waals surface area (Å²) in [5.74, 6) is 0. The molecule has 0 aliphatic carbocycles. The Morgan fingerprint density at radius 3 is 1.85 bits per heavy atom. The zero-order valence-corrected chi connectivity index (χ0v) is 11.0. The number of para-hydroxylation sites is 1. The highest BCUT2D eigenvalue weighted by Gasteiger charge is 2.14. The fraction of sp³-hybridized carbons (Fsp3) is 0.